The Morgan fingerprint density at radius 3 is 2.83 bits per heavy atom. The van der Waals surface area contributed by atoms with Crippen LogP contribution in [0.3, 0.4) is 0 Å². The van der Waals surface area contributed by atoms with Crippen LogP contribution in [-0.2, 0) is 6.54 Å². The minimum atomic E-state index is 0.879. The van der Waals surface area contributed by atoms with Crippen molar-refractivity contribution in [1.29, 1.82) is 0 Å². The van der Waals surface area contributed by atoms with Gasteiger partial charge in [0.15, 0.2) is 0 Å². The van der Waals surface area contributed by atoms with Crippen molar-refractivity contribution in [3.8, 4) is 0 Å². The number of rotatable bonds is 2. The molecule has 1 aromatic rings. The Hall–Kier alpha value is -0.0600. The fraction of sp³-hybridized carbons (Fsp3) is 0.625. The van der Waals surface area contributed by atoms with E-state index < -0.39 is 0 Å². The molecule has 2 rings (SSSR count). The van der Waals surface area contributed by atoms with Crippen LogP contribution in [0, 0.1) is 0 Å². The zero-order chi connectivity index (χ0) is 8.39. The van der Waals surface area contributed by atoms with E-state index in [1.807, 2.05) is 6.20 Å². The van der Waals surface area contributed by atoms with Gasteiger partial charge in [-0.15, -0.1) is 24.0 Å². The van der Waals surface area contributed by atoms with E-state index in [-0.39, 0.29) is 0 Å². The summed E-state index contributed by atoms with van der Waals surface area (Å²) in [6.45, 7) is 3.57. The molecule has 0 N–H and O–H groups in total. The van der Waals surface area contributed by atoms with Gasteiger partial charge in [0, 0.05) is 17.6 Å². The van der Waals surface area contributed by atoms with Crippen molar-refractivity contribution in [2.45, 2.75) is 23.7 Å². The second kappa shape index (κ2) is 3.77. The molecule has 0 aromatic carbocycles. The van der Waals surface area contributed by atoms with Crippen LogP contribution in [0.4, 0.5) is 0 Å². The van der Waals surface area contributed by atoms with E-state index in [0.717, 1.165) is 10.9 Å². The maximum absolute atomic E-state index is 4.19. The normalized spacial score (nSPS) is 18.8. The monoisotopic (exact) mass is 200 g/mol. The Kier molecular flexibility index (Phi) is 2.68. The zero-order valence-corrected chi connectivity index (χ0v) is 8.57. The Bertz CT molecular complexity index is 253. The third-order valence-electron chi connectivity index (χ3n) is 2.12. The predicted octanol–water partition coefficient (Wildman–Crippen LogP) is 2.03. The lowest BCUT2D eigenvalue weighted by molar-refractivity contribution is 0.334. The maximum Gasteiger partial charge on any atom is 0.147 e. The highest BCUT2D eigenvalue weighted by molar-refractivity contribution is 7.82. The largest absolute Gasteiger partial charge is 0.298 e. The maximum atomic E-state index is 4.19. The molecular formula is C8H12N2S2. The van der Waals surface area contributed by atoms with Crippen LogP contribution in [-0.4, -0.2) is 23.0 Å². The van der Waals surface area contributed by atoms with Crippen LogP contribution in [0.1, 0.15) is 17.7 Å². The van der Waals surface area contributed by atoms with Crippen molar-refractivity contribution in [1.82, 2.24) is 9.88 Å². The molecule has 0 atom stereocenters. The van der Waals surface area contributed by atoms with Gasteiger partial charge in [-0.2, -0.15) is 0 Å². The number of aromatic nitrogens is 1. The third-order valence-corrected chi connectivity index (χ3v) is 3.29. The van der Waals surface area contributed by atoms with Crippen LogP contribution in [0.15, 0.2) is 10.5 Å². The molecule has 2 heterocycles. The first kappa shape index (κ1) is 8.53. The van der Waals surface area contributed by atoms with Crippen LogP contribution in [0.2, 0.25) is 0 Å². The summed E-state index contributed by atoms with van der Waals surface area (Å²) >= 11 is 5.88. The SMILES string of the molecule is Sc1ncc(CN2CCCC2)s1. The highest BCUT2D eigenvalue weighted by atomic mass is 32.2. The smallest absolute Gasteiger partial charge is 0.147 e. The molecule has 1 saturated heterocycles. The quantitative estimate of drug-likeness (QED) is 0.735. The summed E-state index contributed by atoms with van der Waals surface area (Å²) in [5, 5.41) is 0. The van der Waals surface area contributed by atoms with Crippen molar-refractivity contribution in [3.63, 3.8) is 0 Å². The lowest BCUT2D eigenvalue weighted by Gasteiger charge is -2.11. The van der Waals surface area contributed by atoms with E-state index in [1.165, 1.54) is 30.8 Å². The van der Waals surface area contributed by atoms with Crippen molar-refractivity contribution >= 4 is 24.0 Å². The molecule has 66 valence electrons. The Labute approximate surface area is 82.0 Å². The number of nitrogens with zero attached hydrogens (tertiary/aromatic N) is 2. The molecule has 0 unspecified atom stereocenters. The summed E-state index contributed by atoms with van der Waals surface area (Å²) in [7, 11) is 0. The van der Waals surface area contributed by atoms with Crippen molar-refractivity contribution < 1.29 is 0 Å². The van der Waals surface area contributed by atoms with Gasteiger partial charge in [0.2, 0.25) is 0 Å². The van der Waals surface area contributed by atoms with Gasteiger partial charge in [-0.05, 0) is 25.9 Å². The lowest BCUT2D eigenvalue weighted by Crippen LogP contribution is -2.17. The molecule has 0 saturated carbocycles. The minimum Gasteiger partial charge on any atom is -0.298 e. The minimum absolute atomic E-state index is 0.879. The first-order chi connectivity index (χ1) is 5.84. The predicted molar refractivity (Wildman–Crippen MR) is 53.9 cm³/mol. The van der Waals surface area contributed by atoms with Gasteiger partial charge in [0.25, 0.3) is 0 Å². The summed E-state index contributed by atoms with van der Waals surface area (Å²) in [6, 6.07) is 0. The fourth-order valence-electron chi connectivity index (χ4n) is 1.53. The van der Waals surface area contributed by atoms with Gasteiger partial charge in [-0.3, -0.25) is 4.90 Å². The second-order valence-corrected chi connectivity index (χ2v) is 4.93. The van der Waals surface area contributed by atoms with Crippen molar-refractivity contribution in [2.24, 2.45) is 0 Å². The summed E-state index contributed by atoms with van der Waals surface area (Å²) in [6.07, 6.45) is 4.64. The molecule has 0 aliphatic carbocycles. The number of likely N-dealkylation sites (tertiary alicyclic amines) is 1. The molecule has 2 nitrogen and oxygen atoms in total. The Morgan fingerprint density at radius 1 is 1.50 bits per heavy atom. The highest BCUT2D eigenvalue weighted by Gasteiger charge is 2.12. The number of thiol groups is 1. The van der Waals surface area contributed by atoms with Crippen LogP contribution < -0.4 is 0 Å². The van der Waals surface area contributed by atoms with E-state index in [0.29, 0.717) is 0 Å². The third kappa shape index (κ3) is 2.00. The molecule has 1 aromatic heterocycles. The summed E-state index contributed by atoms with van der Waals surface area (Å²) in [5.41, 5.74) is 0. The Balaban J connectivity index is 1.94. The molecule has 0 amide bonds. The molecule has 12 heavy (non-hydrogen) atoms. The zero-order valence-electron chi connectivity index (χ0n) is 6.86. The van der Waals surface area contributed by atoms with E-state index >= 15 is 0 Å². The van der Waals surface area contributed by atoms with Gasteiger partial charge < -0.3 is 0 Å². The van der Waals surface area contributed by atoms with Crippen LogP contribution in [0.25, 0.3) is 0 Å². The molecule has 0 radical (unpaired) electrons. The molecule has 0 bridgehead atoms. The first-order valence-electron chi connectivity index (χ1n) is 4.20. The van der Waals surface area contributed by atoms with Crippen molar-refractivity contribution in [2.75, 3.05) is 13.1 Å². The van der Waals surface area contributed by atoms with Crippen LogP contribution >= 0.6 is 24.0 Å². The summed E-state index contributed by atoms with van der Waals surface area (Å²) < 4.78 is 0.879. The fourth-order valence-corrected chi connectivity index (χ4v) is 2.63. The Morgan fingerprint density at radius 2 is 2.25 bits per heavy atom. The second-order valence-electron chi connectivity index (χ2n) is 3.09. The van der Waals surface area contributed by atoms with Crippen LogP contribution in [0.5, 0.6) is 0 Å². The van der Waals surface area contributed by atoms with Gasteiger partial charge in [-0.1, -0.05) is 0 Å². The van der Waals surface area contributed by atoms with Crippen molar-refractivity contribution in [3.05, 3.63) is 11.1 Å². The van der Waals surface area contributed by atoms with E-state index in [1.54, 1.807) is 11.3 Å². The molecular weight excluding hydrogens is 188 g/mol. The standard InChI is InChI=1S/C8H12N2S2/c11-8-9-5-7(12-8)6-10-3-1-2-4-10/h5H,1-4,6H2,(H,9,11). The lowest BCUT2D eigenvalue weighted by atomic mass is 10.4. The summed E-state index contributed by atoms with van der Waals surface area (Å²) in [5.74, 6) is 0. The molecule has 1 aliphatic heterocycles. The highest BCUT2D eigenvalue weighted by Crippen LogP contribution is 2.19. The molecule has 0 spiro atoms. The average Bonchev–Trinajstić information content (AvgIpc) is 2.63. The first-order valence-corrected chi connectivity index (χ1v) is 5.47. The molecule has 1 fully saturated rings. The van der Waals surface area contributed by atoms with Gasteiger partial charge >= 0.3 is 0 Å². The van der Waals surface area contributed by atoms with Gasteiger partial charge in [-0.25, -0.2) is 4.98 Å². The van der Waals surface area contributed by atoms with E-state index in [9.17, 15) is 0 Å². The number of hydrogen-bond donors (Lipinski definition) is 1. The number of thiazole rings is 1. The summed E-state index contributed by atoms with van der Waals surface area (Å²) in [4.78, 5) is 7.92. The van der Waals surface area contributed by atoms with Gasteiger partial charge in [0.05, 0.1) is 0 Å². The van der Waals surface area contributed by atoms with E-state index in [4.69, 9.17) is 0 Å². The van der Waals surface area contributed by atoms with Gasteiger partial charge in [0.1, 0.15) is 4.34 Å². The topological polar surface area (TPSA) is 16.1 Å². The van der Waals surface area contributed by atoms with E-state index in [2.05, 4.69) is 22.5 Å². The average molecular weight is 200 g/mol. The molecule has 4 heteroatoms. The molecule has 1 aliphatic rings. The number of hydrogen-bond acceptors (Lipinski definition) is 4.